The van der Waals surface area contributed by atoms with Crippen LogP contribution in [0.4, 0.5) is 5.69 Å². The van der Waals surface area contributed by atoms with E-state index in [9.17, 15) is 4.79 Å². The number of nitrogens with zero attached hydrogens (tertiary/aromatic N) is 4. The normalized spacial score (nSPS) is 13.8. The third-order valence-corrected chi connectivity index (χ3v) is 4.45. The monoisotopic (exact) mass is 322 g/mol. The Kier molecular flexibility index (Phi) is 3.54. The number of methoxy groups -OCH3 is 1. The summed E-state index contributed by atoms with van der Waals surface area (Å²) in [6.45, 7) is 1.09. The molecule has 6 heteroatoms. The number of hydrogen-bond acceptors (Lipinski definition) is 4. The molecule has 0 N–H and O–H groups in total. The van der Waals surface area contributed by atoms with Gasteiger partial charge in [-0.2, -0.15) is 0 Å². The van der Waals surface area contributed by atoms with Crippen molar-refractivity contribution in [2.75, 3.05) is 25.2 Å². The van der Waals surface area contributed by atoms with E-state index in [2.05, 4.69) is 11.1 Å². The van der Waals surface area contributed by atoms with Crippen molar-refractivity contribution < 1.29 is 9.53 Å². The molecule has 1 aliphatic rings. The molecule has 6 nitrogen and oxygen atoms in total. The fourth-order valence-corrected chi connectivity index (χ4v) is 3.24. The lowest BCUT2D eigenvalue weighted by Gasteiger charge is -2.17. The zero-order chi connectivity index (χ0) is 16.7. The van der Waals surface area contributed by atoms with Gasteiger partial charge < -0.3 is 14.2 Å². The first-order chi connectivity index (χ1) is 11.7. The number of anilines is 1. The minimum Gasteiger partial charge on any atom is -0.383 e. The molecule has 0 fully saturated rings. The molecule has 0 spiro atoms. The number of imidazole rings is 1. The van der Waals surface area contributed by atoms with Crippen LogP contribution in [-0.4, -0.2) is 40.7 Å². The molecule has 122 valence electrons. The summed E-state index contributed by atoms with van der Waals surface area (Å²) < 4.78 is 7.17. The molecule has 3 heterocycles. The SMILES string of the molecule is COCCN1C(=O)Cc2cc3nc(-c4cccnc4)n(C)c3cc21. The van der Waals surface area contributed by atoms with E-state index in [-0.39, 0.29) is 5.91 Å². The standard InChI is InChI=1S/C18H18N4O2/c1-21-16-10-15-13(9-17(23)22(15)6-7-24-2)8-14(16)20-18(21)12-4-3-5-19-11-12/h3-5,8,10-11H,6-7,9H2,1-2H3. The molecule has 0 saturated heterocycles. The van der Waals surface area contributed by atoms with Gasteiger partial charge in [0.05, 0.1) is 24.1 Å². The fraction of sp³-hybridized carbons (Fsp3) is 0.278. The summed E-state index contributed by atoms with van der Waals surface area (Å²) in [5, 5.41) is 0. The summed E-state index contributed by atoms with van der Waals surface area (Å²) in [4.78, 5) is 23.0. The zero-order valence-corrected chi connectivity index (χ0v) is 13.7. The lowest BCUT2D eigenvalue weighted by atomic mass is 10.1. The summed E-state index contributed by atoms with van der Waals surface area (Å²) in [6.07, 6.45) is 3.98. The quantitative estimate of drug-likeness (QED) is 0.738. The van der Waals surface area contributed by atoms with Crippen LogP contribution in [0.15, 0.2) is 36.7 Å². The highest BCUT2D eigenvalue weighted by molar-refractivity contribution is 6.04. The topological polar surface area (TPSA) is 60.2 Å². The molecular formula is C18H18N4O2. The Bertz CT molecular complexity index is 918. The summed E-state index contributed by atoms with van der Waals surface area (Å²) in [5.74, 6) is 0.987. The molecule has 2 aromatic heterocycles. The van der Waals surface area contributed by atoms with Gasteiger partial charge in [-0.1, -0.05) is 0 Å². The molecule has 0 radical (unpaired) electrons. The van der Waals surface area contributed by atoms with Gasteiger partial charge in [0.25, 0.3) is 0 Å². The minimum absolute atomic E-state index is 0.116. The zero-order valence-electron chi connectivity index (χ0n) is 13.7. The maximum absolute atomic E-state index is 12.2. The lowest BCUT2D eigenvalue weighted by Crippen LogP contribution is -2.30. The average molecular weight is 322 g/mol. The molecule has 0 saturated carbocycles. The molecule has 1 amide bonds. The Balaban J connectivity index is 1.83. The van der Waals surface area contributed by atoms with Crippen LogP contribution in [0.3, 0.4) is 0 Å². The van der Waals surface area contributed by atoms with Gasteiger partial charge in [0.1, 0.15) is 5.82 Å². The van der Waals surface area contributed by atoms with Crippen molar-refractivity contribution in [1.82, 2.24) is 14.5 Å². The number of rotatable bonds is 4. The van der Waals surface area contributed by atoms with Gasteiger partial charge in [-0.05, 0) is 29.8 Å². The van der Waals surface area contributed by atoms with Gasteiger partial charge in [-0.3, -0.25) is 9.78 Å². The van der Waals surface area contributed by atoms with Crippen molar-refractivity contribution >= 4 is 22.6 Å². The van der Waals surface area contributed by atoms with Crippen LogP contribution in [0.25, 0.3) is 22.4 Å². The summed E-state index contributed by atoms with van der Waals surface area (Å²) in [7, 11) is 3.63. The maximum atomic E-state index is 12.2. The summed E-state index contributed by atoms with van der Waals surface area (Å²) in [6, 6.07) is 7.98. The van der Waals surface area contributed by atoms with Crippen molar-refractivity contribution in [2.24, 2.45) is 7.05 Å². The molecule has 24 heavy (non-hydrogen) atoms. The van der Waals surface area contributed by atoms with Crippen LogP contribution >= 0.6 is 0 Å². The summed E-state index contributed by atoms with van der Waals surface area (Å²) in [5.41, 5.74) is 4.87. The van der Waals surface area contributed by atoms with E-state index in [1.54, 1.807) is 18.2 Å². The average Bonchev–Trinajstić information content (AvgIpc) is 3.08. The summed E-state index contributed by atoms with van der Waals surface area (Å²) >= 11 is 0. The number of carbonyl (C=O) groups is 1. The van der Waals surface area contributed by atoms with Crippen LogP contribution in [-0.2, 0) is 23.0 Å². The third kappa shape index (κ3) is 2.27. The van der Waals surface area contributed by atoms with Crippen molar-refractivity contribution in [3.05, 3.63) is 42.2 Å². The maximum Gasteiger partial charge on any atom is 0.231 e. The van der Waals surface area contributed by atoms with Crippen LogP contribution in [0.2, 0.25) is 0 Å². The van der Waals surface area contributed by atoms with Gasteiger partial charge in [0.2, 0.25) is 5.91 Å². The number of benzene rings is 1. The van der Waals surface area contributed by atoms with Gasteiger partial charge in [0, 0.05) is 44.3 Å². The number of pyridine rings is 1. The second-order valence-electron chi connectivity index (χ2n) is 5.92. The van der Waals surface area contributed by atoms with E-state index in [4.69, 9.17) is 9.72 Å². The molecule has 1 aromatic carbocycles. The van der Waals surface area contributed by atoms with Crippen LogP contribution in [0, 0.1) is 0 Å². The molecule has 4 rings (SSSR count). The smallest absolute Gasteiger partial charge is 0.231 e. The second kappa shape index (κ2) is 5.72. The van der Waals surface area contributed by atoms with Gasteiger partial charge in [-0.25, -0.2) is 4.98 Å². The van der Waals surface area contributed by atoms with Gasteiger partial charge >= 0.3 is 0 Å². The predicted octanol–water partition coefficient (Wildman–Crippen LogP) is 2.17. The van der Waals surface area contributed by atoms with E-state index >= 15 is 0 Å². The van der Waals surface area contributed by atoms with Gasteiger partial charge in [0.15, 0.2) is 0 Å². The van der Waals surface area contributed by atoms with E-state index in [1.165, 1.54) is 0 Å². The number of ether oxygens (including phenoxy) is 1. The number of carbonyl (C=O) groups excluding carboxylic acids is 1. The van der Waals surface area contributed by atoms with Crippen LogP contribution in [0.1, 0.15) is 5.56 Å². The molecule has 0 unspecified atom stereocenters. The van der Waals surface area contributed by atoms with E-state index in [1.807, 2.05) is 36.0 Å². The molecule has 1 aliphatic heterocycles. The Labute approximate surface area is 139 Å². The first kappa shape index (κ1) is 14.8. The Morgan fingerprint density at radius 1 is 1.33 bits per heavy atom. The number of hydrogen-bond donors (Lipinski definition) is 0. The number of fused-ring (bicyclic) bond motifs is 2. The molecular weight excluding hydrogens is 304 g/mol. The van der Waals surface area contributed by atoms with Crippen LogP contribution in [0.5, 0.6) is 0 Å². The number of aromatic nitrogens is 3. The van der Waals surface area contributed by atoms with E-state index in [0.717, 1.165) is 33.7 Å². The van der Waals surface area contributed by atoms with E-state index in [0.29, 0.717) is 19.6 Å². The fourth-order valence-electron chi connectivity index (χ4n) is 3.24. The Hall–Kier alpha value is -2.73. The number of amides is 1. The van der Waals surface area contributed by atoms with Crippen molar-refractivity contribution in [3.8, 4) is 11.4 Å². The van der Waals surface area contributed by atoms with Crippen molar-refractivity contribution in [2.45, 2.75) is 6.42 Å². The first-order valence-corrected chi connectivity index (χ1v) is 7.88. The minimum atomic E-state index is 0.116. The number of aryl methyl sites for hydroxylation is 1. The largest absolute Gasteiger partial charge is 0.383 e. The third-order valence-electron chi connectivity index (χ3n) is 4.45. The second-order valence-corrected chi connectivity index (χ2v) is 5.92. The highest BCUT2D eigenvalue weighted by atomic mass is 16.5. The Morgan fingerprint density at radius 3 is 2.96 bits per heavy atom. The Morgan fingerprint density at radius 2 is 2.21 bits per heavy atom. The van der Waals surface area contributed by atoms with Gasteiger partial charge in [-0.15, -0.1) is 0 Å². The van der Waals surface area contributed by atoms with Crippen molar-refractivity contribution in [3.63, 3.8) is 0 Å². The molecule has 0 bridgehead atoms. The lowest BCUT2D eigenvalue weighted by molar-refractivity contribution is -0.117. The molecule has 0 atom stereocenters. The highest BCUT2D eigenvalue weighted by Crippen LogP contribution is 2.34. The molecule has 0 aliphatic carbocycles. The van der Waals surface area contributed by atoms with Crippen molar-refractivity contribution in [1.29, 1.82) is 0 Å². The highest BCUT2D eigenvalue weighted by Gasteiger charge is 2.28. The van der Waals surface area contributed by atoms with E-state index < -0.39 is 0 Å². The predicted molar refractivity (Wildman–Crippen MR) is 91.9 cm³/mol. The molecule has 3 aromatic rings. The van der Waals surface area contributed by atoms with Crippen LogP contribution < -0.4 is 4.90 Å². The first-order valence-electron chi connectivity index (χ1n) is 7.88.